The third-order valence-corrected chi connectivity index (χ3v) is 9.38. The van der Waals surface area contributed by atoms with Crippen LogP contribution >= 0.6 is 0 Å². The van der Waals surface area contributed by atoms with Gasteiger partial charge in [0.15, 0.2) is 5.78 Å². The largest absolute Gasteiger partial charge is 0.316 e. The Morgan fingerprint density at radius 2 is 1.70 bits per heavy atom. The van der Waals surface area contributed by atoms with E-state index in [-0.39, 0.29) is 6.17 Å². The number of rotatable bonds is 16. The summed E-state index contributed by atoms with van der Waals surface area (Å²) >= 11 is 0. The highest BCUT2D eigenvalue weighted by molar-refractivity contribution is 5.94. The van der Waals surface area contributed by atoms with E-state index in [1.807, 2.05) is 19.9 Å². The minimum atomic E-state index is -0.185. The Bertz CT molecular complexity index is 570. The van der Waals surface area contributed by atoms with Crippen molar-refractivity contribution in [2.75, 3.05) is 0 Å². The maximum Gasteiger partial charge on any atom is 0.158 e. The van der Waals surface area contributed by atoms with Crippen LogP contribution in [0.3, 0.4) is 0 Å². The van der Waals surface area contributed by atoms with Gasteiger partial charge in [-0.05, 0) is 80.1 Å². The summed E-state index contributed by atoms with van der Waals surface area (Å²) in [6.07, 6.45) is 16.7. The van der Waals surface area contributed by atoms with E-state index < -0.39 is 0 Å². The third kappa shape index (κ3) is 9.84. The van der Waals surface area contributed by atoms with Crippen LogP contribution < -0.4 is 11.5 Å². The molecule has 0 aromatic heterocycles. The van der Waals surface area contributed by atoms with Gasteiger partial charge < -0.3 is 11.5 Å². The number of hydrogen-bond donors (Lipinski definition) is 2. The first-order valence-corrected chi connectivity index (χ1v) is 14.4. The molecule has 0 bridgehead atoms. The fourth-order valence-corrected chi connectivity index (χ4v) is 6.67. The molecular weight excluding hydrogens is 404 g/mol. The van der Waals surface area contributed by atoms with Gasteiger partial charge in [0.1, 0.15) is 0 Å². The number of allylic oxidation sites excluding steroid dienone is 2. The average molecular weight is 463 g/mol. The quantitative estimate of drug-likeness (QED) is 0.139. The van der Waals surface area contributed by atoms with Crippen LogP contribution in [0.25, 0.3) is 0 Å². The van der Waals surface area contributed by atoms with E-state index in [1.54, 1.807) is 0 Å². The summed E-state index contributed by atoms with van der Waals surface area (Å²) in [4.78, 5) is 12.5. The average Bonchev–Trinajstić information content (AvgIpc) is 2.81. The molecule has 7 atom stereocenters. The Morgan fingerprint density at radius 1 is 1.00 bits per heavy atom. The van der Waals surface area contributed by atoms with Crippen molar-refractivity contribution in [1.82, 2.24) is 0 Å². The van der Waals surface area contributed by atoms with E-state index in [0.717, 1.165) is 54.4 Å². The predicted molar refractivity (Wildman–Crippen MR) is 145 cm³/mol. The van der Waals surface area contributed by atoms with Crippen molar-refractivity contribution < 1.29 is 4.79 Å². The summed E-state index contributed by atoms with van der Waals surface area (Å²) in [5, 5.41) is 0. The molecule has 0 spiro atoms. The van der Waals surface area contributed by atoms with Crippen molar-refractivity contribution in [3.63, 3.8) is 0 Å². The summed E-state index contributed by atoms with van der Waals surface area (Å²) < 4.78 is 0. The Morgan fingerprint density at radius 3 is 2.24 bits per heavy atom. The van der Waals surface area contributed by atoms with Crippen molar-refractivity contribution >= 4 is 5.78 Å². The lowest BCUT2D eigenvalue weighted by Gasteiger charge is -2.46. The van der Waals surface area contributed by atoms with E-state index in [2.05, 4.69) is 34.6 Å². The number of unbranched alkanes of at least 4 members (excludes halogenated alkanes) is 2. The van der Waals surface area contributed by atoms with Gasteiger partial charge in [0.2, 0.25) is 0 Å². The zero-order valence-corrected chi connectivity index (χ0v) is 23.2. The fraction of sp³-hybridized carbons (Fsp3) is 0.900. The van der Waals surface area contributed by atoms with Gasteiger partial charge in [-0.2, -0.15) is 0 Å². The number of carbonyl (C=O) groups excluding carboxylic acids is 1. The van der Waals surface area contributed by atoms with E-state index in [4.69, 9.17) is 11.5 Å². The van der Waals surface area contributed by atoms with Gasteiger partial charge in [0, 0.05) is 6.42 Å². The van der Waals surface area contributed by atoms with E-state index >= 15 is 0 Å². The molecule has 33 heavy (non-hydrogen) atoms. The Labute approximate surface area is 206 Å². The first-order valence-electron chi connectivity index (χ1n) is 14.4. The Balaban J connectivity index is 2.59. The van der Waals surface area contributed by atoms with Gasteiger partial charge in [-0.1, -0.05) is 92.1 Å². The van der Waals surface area contributed by atoms with Gasteiger partial charge in [-0.15, -0.1) is 0 Å². The van der Waals surface area contributed by atoms with E-state index in [9.17, 15) is 4.79 Å². The van der Waals surface area contributed by atoms with Crippen LogP contribution in [0.4, 0.5) is 0 Å². The molecule has 1 saturated carbocycles. The van der Waals surface area contributed by atoms with Gasteiger partial charge >= 0.3 is 0 Å². The topological polar surface area (TPSA) is 69.1 Å². The third-order valence-electron chi connectivity index (χ3n) is 9.38. The second-order valence-corrected chi connectivity index (χ2v) is 11.4. The molecule has 1 aliphatic rings. The molecule has 7 unspecified atom stereocenters. The summed E-state index contributed by atoms with van der Waals surface area (Å²) in [5.41, 5.74) is 12.7. The SMILES string of the molecule is C/C=C(/C)C(=O)CCC1C(C)C(CCCCCC(CC)CC(C)C(N)N)CC(CC)C1CC. The predicted octanol–water partition coefficient (Wildman–Crippen LogP) is 7.87. The molecule has 3 nitrogen and oxygen atoms in total. The lowest BCUT2D eigenvalue weighted by Crippen LogP contribution is -2.39. The number of carbonyl (C=O) groups is 1. The van der Waals surface area contributed by atoms with Crippen LogP contribution in [0.1, 0.15) is 126 Å². The monoisotopic (exact) mass is 462 g/mol. The van der Waals surface area contributed by atoms with Gasteiger partial charge in [-0.25, -0.2) is 0 Å². The van der Waals surface area contributed by atoms with E-state index in [1.165, 1.54) is 57.8 Å². The number of nitrogens with two attached hydrogens (primary N) is 2. The lowest BCUT2D eigenvalue weighted by molar-refractivity contribution is -0.116. The molecule has 0 aromatic carbocycles. The molecule has 4 N–H and O–H groups in total. The molecule has 0 amide bonds. The molecular formula is C30H58N2O. The molecule has 1 rings (SSSR count). The maximum atomic E-state index is 12.5. The highest BCUT2D eigenvalue weighted by atomic mass is 16.1. The number of Topliss-reactive ketones (excluding diaryl/α,β-unsaturated/α-hetero) is 1. The summed E-state index contributed by atoms with van der Waals surface area (Å²) in [7, 11) is 0. The van der Waals surface area contributed by atoms with Crippen LogP contribution in [0.2, 0.25) is 0 Å². The van der Waals surface area contributed by atoms with Crippen molar-refractivity contribution in [2.24, 2.45) is 52.9 Å². The molecule has 1 fully saturated rings. The lowest BCUT2D eigenvalue weighted by atomic mass is 9.59. The maximum absolute atomic E-state index is 12.5. The van der Waals surface area contributed by atoms with Gasteiger partial charge in [-0.3, -0.25) is 4.79 Å². The zero-order chi connectivity index (χ0) is 25.0. The first kappa shape index (κ1) is 30.4. The summed E-state index contributed by atoms with van der Waals surface area (Å²) in [6, 6.07) is 0. The molecule has 1 aliphatic carbocycles. The van der Waals surface area contributed by atoms with Crippen LogP contribution in [0.15, 0.2) is 11.6 Å². The van der Waals surface area contributed by atoms with Crippen LogP contribution in [0, 0.1) is 41.4 Å². The molecule has 3 heteroatoms. The van der Waals surface area contributed by atoms with Crippen LogP contribution in [0.5, 0.6) is 0 Å². The molecule has 0 saturated heterocycles. The number of ketones is 1. The van der Waals surface area contributed by atoms with Crippen LogP contribution in [-0.2, 0) is 4.79 Å². The highest BCUT2D eigenvalue weighted by Crippen LogP contribution is 2.48. The second kappa shape index (κ2) is 16.1. The molecule has 0 aliphatic heterocycles. The van der Waals surface area contributed by atoms with Crippen molar-refractivity contribution in [1.29, 1.82) is 0 Å². The molecule has 194 valence electrons. The normalized spacial score (nSPS) is 28.2. The summed E-state index contributed by atoms with van der Waals surface area (Å²) in [6.45, 7) is 15.7. The standard InChI is InChI=1S/C30H58N2O/c1-8-21(5)29(33)18-17-28-23(7)26(20-25(10-3)27(28)11-4)16-14-12-13-15-24(9-2)19-22(6)30(31)32/h8,22-28,30H,9-20,31-32H2,1-7H3/b21-8-. The van der Waals surface area contributed by atoms with Gasteiger partial charge in [0.05, 0.1) is 6.17 Å². The van der Waals surface area contributed by atoms with E-state index in [0.29, 0.717) is 17.6 Å². The molecule has 0 heterocycles. The Hall–Kier alpha value is -0.670. The van der Waals surface area contributed by atoms with Crippen LogP contribution in [-0.4, -0.2) is 11.9 Å². The second-order valence-electron chi connectivity index (χ2n) is 11.4. The smallest absolute Gasteiger partial charge is 0.158 e. The minimum Gasteiger partial charge on any atom is -0.316 e. The Kier molecular flexibility index (Phi) is 14.8. The number of hydrogen-bond acceptors (Lipinski definition) is 3. The molecule has 0 radical (unpaired) electrons. The van der Waals surface area contributed by atoms with Crippen molar-refractivity contribution in [3.8, 4) is 0 Å². The van der Waals surface area contributed by atoms with Crippen molar-refractivity contribution in [3.05, 3.63) is 11.6 Å². The minimum absolute atomic E-state index is 0.185. The summed E-state index contributed by atoms with van der Waals surface area (Å²) in [5.74, 6) is 5.44. The highest BCUT2D eigenvalue weighted by Gasteiger charge is 2.40. The molecule has 0 aromatic rings. The fourth-order valence-electron chi connectivity index (χ4n) is 6.67. The zero-order valence-electron chi connectivity index (χ0n) is 23.2. The van der Waals surface area contributed by atoms with Gasteiger partial charge in [0.25, 0.3) is 0 Å². The first-order chi connectivity index (χ1) is 15.7. The van der Waals surface area contributed by atoms with Crippen molar-refractivity contribution in [2.45, 2.75) is 132 Å².